The molecule has 6 aromatic rings. The van der Waals surface area contributed by atoms with Gasteiger partial charge in [0.05, 0.1) is 0 Å². The van der Waals surface area contributed by atoms with Gasteiger partial charge in [-0.05, 0) is 69.8 Å². The molecule has 0 saturated carbocycles. The number of rotatable bonds is 6. The second-order valence-corrected chi connectivity index (χ2v) is 11.3. The number of benzene rings is 4. The highest BCUT2D eigenvalue weighted by molar-refractivity contribution is 7.25. The maximum atomic E-state index is 4.25. The van der Waals surface area contributed by atoms with Gasteiger partial charge in [0, 0.05) is 25.1 Å². The molecule has 4 aromatic carbocycles. The molecule has 0 saturated heterocycles. The van der Waals surface area contributed by atoms with Crippen LogP contribution in [0.4, 0.5) is 0 Å². The zero-order valence-corrected chi connectivity index (χ0v) is 22.3. The van der Waals surface area contributed by atoms with E-state index >= 15 is 0 Å². The van der Waals surface area contributed by atoms with Crippen LogP contribution in [0.5, 0.6) is 0 Å². The number of hydrogen-bond acceptors (Lipinski definition) is 2. The van der Waals surface area contributed by atoms with Gasteiger partial charge in [0.1, 0.15) is 0 Å². The van der Waals surface area contributed by atoms with Crippen molar-refractivity contribution in [3.63, 3.8) is 0 Å². The summed E-state index contributed by atoms with van der Waals surface area (Å²) in [6.07, 6.45) is 3.99. The Bertz CT molecular complexity index is 1760. The van der Waals surface area contributed by atoms with Crippen molar-refractivity contribution in [1.29, 1.82) is 0 Å². The first-order valence-corrected chi connectivity index (χ1v) is 14.0. The number of thiophene rings is 2. The molecule has 0 fully saturated rings. The molecule has 37 heavy (non-hydrogen) atoms. The van der Waals surface area contributed by atoms with Gasteiger partial charge in [0.2, 0.25) is 0 Å². The lowest BCUT2D eigenvalue weighted by atomic mass is 9.85. The molecule has 2 heteroatoms. The van der Waals surface area contributed by atoms with Gasteiger partial charge in [-0.25, -0.2) is 0 Å². The average molecular weight is 511 g/mol. The summed E-state index contributed by atoms with van der Waals surface area (Å²) >= 11 is 3.69. The monoisotopic (exact) mass is 510 g/mol. The van der Waals surface area contributed by atoms with Crippen molar-refractivity contribution in [2.45, 2.75) is 6.92 Å². The molecule has 0 bridgehead atoms. The summed E-state index contributed by atoms with van der Waals surface area (Å²) in [5, 5.41) is 2.48. The third-order valence-electron chi connectivity index (χ3n) is 6.77. The number of hydrogen-bond donors (Lipinski definition) is 0. The van der Waals surface area contributed by atoms with Gasteiger partial charge in [-0.1, -0.05) is 110 Å². The summed E-state index contributed by atoms with van der Waals surface area (Å²) in [7, 11) is 0. The van der Waals surface area contributed by atoms with Crippen LogP contribution >= 0.6 is 22.7 Å². The lowest BCUT2D eigenvalue weighted by Crippen LogP contribution is -1.95. The topological polar surface area (TPSA) is 0 Å². The van der Waals surface area contributed by atoms with Crippen molar-refractivity contribution in [1.82, 2.24) is 0 Å². The summed E-state index contributed by atoms with van der Waals surface area (Å²) in [6, 6.07) is 37.0. The fourth-order valence-electron chi connectivity index (χ4n) is 5.11. The van der Waals surface area contributed by atoms with Gasteiger partial charge in [0.25, 0.3) is 0 Å². The Morgan fingerprint density at radius 1 is 0.514 bits per heavy atom. The average Bonchev–Trinajstić information content (AvgIpc) is 3.62. The van der Waals surface area contributed by atoms with Crippen LogP contribution < -0.4 is 0 Å². The summed E-state index contributed by atoms with van der Waals surface area (Å²) < 4.78 is 0. The SMILES string of the molecule is C=Cc1c(C=C)c(-c2ccc(-c3ccc(-c4ccccc4)s3)s2)c2ccccc2c1-c1cccc(C)c1. The van der Waals surface area contributed by atoms with E-state index < -0.39 is 0 Å². The van der Waals surface area contributed by atoms with Crippen LogP contribution in [0, 0.1) is 6.92 Å². The lowest BCUT2D eigenvalue weighted by Gasteiger charge is -2.19. The lowest BCUT2D eigenvalue weighted by molar-refractivity contribution is 1.47. The zero-order chi connectivity index (χ0) is 25.4. The number of aryl methyl sites for hydroxylation is 1. The maximum absolute atomic E-state index is 4.25. The van der Waals surface area contributed by atoms with E-state index in [4.69, 9.17) is 0 Å². The van der Waals surface area contributed by atoms with E-state index in [1.807, 2.05) is 34.8 Å². The van der Waals surface area contributed by atoms with E-state index in [1.165, 1.54) is 58.1 Å². The van der Waals surface area contributed by atoms with Gasteiger partial charge in [-0.15, -0.1) is 22.7 Å². The molecule has 178 valence electrons. The molecule has 0 spiro atoms. The molecule has 0 aliphatic rings. The Morgan fingerprint density at radius 3 is 1.73 bits per heavy atom. The molecule has 6 rings (SSSR count). The Morgan fingerprint density at radius 2 is 1.05 bits per heavy atom. The van der Waals surface area contributed by atoms with Crippen LogP contribution in [0.1, 0.15) is 16.7 Å². The van der Waals surface area contributed by atoms with E-state index in [0.717, 1.165) is 11.1 Å². The molecular formula is C35H26S2. The minimum Gasteiger partial charge on any atom is -0.134 e. The van der Waals surface area contributed by atoms with Crippen LogP contribution in [-0.4, -0.2) is 0 Å². The van der Waals surface area contributed by atoms with Crippen LogP contribution in [0.3, 0.4) is 0 Å². The van der Waals surface area contributed by atoms with Crippen LogP contribution in [0.15, 0.2) is 116 Å². The molecule has 0 N–H and O–H groups in total. The van der Waals surface area contributed by atoms with Crippen molar-refractivity contribution >= 4 is 45.6 Å². The van der Waals surface area contributed by atoms with E-state index in [1.54, 1.807) is 0 Å². The van der Waals surface area contributed by atoms with Gasteiger partial charge >= 0.3 is 0 Å². The molecule has 0 atom stereocenters. The minimum atomic E-state index is 1.13. The van der Waals surface area contributed by atoms with E-state index in [0.29, 0.717) is 0 Å². The molecule has 0 amide bonds. The molecule has 0 radical (unpaired) electrons. The Kier molecular flexibility index (Phi) is 6.21. The third-order valence-corrected chi connectivity index (χ3v) is 9.20. The molecule has 0 aliphatic heterocycles. The summed E-state index contributed by atoms with van der Waals surface area (Å²) in [5.41, 5.74) is 8.43. The van der Waals surface area contributed by atoms with E-state index in [-0.39, 0.29) is 0 Å². The molecule has 2 aromatic heterocycles. The van der Waals surface area contributed by atoms with Gasteiger partial charge in [0.15, 0.2) is 0 Å². The van der Waals surface area contributed by atoms with Crippen LogP contribution in [0.2, 0.25) is 0 Å². The smallest absolute Gasteiger partial charge is 0.0449 e. The highest BCUT2D eigenvalue weighted by Gasteiger charge is 2.20. The fraction of sp³-hybridized carbons (Fsp3) is 0.0286. The van der Waals surface area contributed by atoms with Crippen molar-refractivity contribution in [2.75, 3.05) is 0 Å². The molecule has 0 nitrogen and oxygen atoms in total. The molecular weight excluding hydrogens is 485 g/mol. The standard InChI is InChI=1S/C35H26S2/c1-4-26-27(5-2)35(29-17-10-9-16-28(29)34(26)25-15-11-12-23(3)22-25)33-21-20-32(37-33)31-19-18-30(36-31)24-13-7-6-8-14-24/h4-22H,1-2H2,3H3. The van der Waals surface area contributed by atoms with Crippen molar-refractivity contribution in [3.8, 4) is 41.8 Å². The molecule has 0 unspecified atom stereocenters. The highest BCUT2D eigenvalue weighted by atomic mass is 32.1. The van der Waals surface area contributed by atoms with Gasteiger partial charge in [-0.2, -0.15) is 0 Å². The quantitative estimate of drug-likeness (QED) is 0.209. The zero-order valence-electron chi connectivity index (χ0n) is 20.7. The van der Waals surface area contributed by atoms with E-state index in [2.05, 4.69) is 123 Å². The van der Waals surface area contributed by atoms with Crippen molar-refractivity contribution < 1.29 is 0 Å². The van der Waals surface area contributed by atoms with Crippen LogP contribution in [-0.2, 0) is 0 Å². The fourth-order valence-corrected chi connectivity index (χ4v) is 7.29. The Balaban J connectivity index is 1.54. The summed E-state index contributed by atoms with van der Waals surface area (Å²) in [6.45, 7) is 10.6. The first-order valence-electron chi connectivity index (χ1n) is 12.3. The first-order chi connectivity index (χ1) is 18.2. The van der Waals surface area contributed by atoms with Crippen molar-refractivity contribution in [2.24, 2.45) is 0 Å². The Hall–Kier alpha value is -3.98. The summed E-state index contributed by atoms with van der Waals surface area (Å²) in [4.78, 5) is 5.11. The van der Waals surface area contributed by atoms with Gasteiger partial charge < -0.3 is 0 Å². The number of fused-ring (bicyclic) bond motifs is 1. The minimum absolute atomic E-state index is 1.13. The summed E-state index contributed by atoms with van der Waals surface area (Å²) in [5.74, 6) is 0. The largest absolute Gasteiger partial charge is 0.134 e. The normalized spacial score (nSPS) is 11.1. The van der Waals surface area contributed by atoms with E-state index in [9.17, 15) is 0 Å². The van der Waals surface area contributed by atoms with Crippen molar-refractivity contribution in [3.05, 3.63) is 133 Å². The molecule has 0 aliphatic carbocycles. The first kappa shape index (κ1) is 23.4. The van der Waals surface area contributed by atoms with Gasteiger partial charge in [-0.3, -0.25) is 0 Å². The molecule has 2 heterocycles. The predicted molar refractivity (Wildman–Crippen MR) is 166 cm³/mol. The Labute approximate surface area is 226 Å². The third kappa shape index (κ3) is 4.19. The second kappa shape index (κ2) is 9.82. The van der Waals surface area contributed by atoms with Crippen LogP contribution in [0.25, 0.3) is 64.7 Å². The predicted octanol–water partition coefficient (Wildman–Crippen LogP) is 11.2. The highest BCUT2D eigenvalue weighted by Crippen LogP contribution is 2.47. The second-order valence-electron chi connectivity index (χ2n) is 9.09. The maximum Gasteiger partial charge on any atom is 0.0449 e.